The molecule has 6 nitrogen and oxygen atoms in total. The molecule has 5 aromatic carbocycles. The van der Waals surface area contributed by atoms with Gasteiger partial charge in [0.15, 0.2) is 5.58 Å². The summed E-state index contributed by atoms with van der Waals surface area (Å²) in [7, 11) is 2.04. The van der Waals surface area contributed by atoms with Crippen molar-refractivity contribution >= 4 is 60.8 Å². The predicted octanol–water partition coefficient (Wildman–Crippen LogP) is 10.5. The Labute approximate surface area is 293 Å². The van der Waals surface area contributed by atoms with E-state index in [0.717, 1.165) is 66.6 Å². The average molecular weight is 807 g/mol. The van der Waals surface area contributed by atoms with Crippen LogP contribution in [-0.2, 0) is 26.5 Å². The minimum atomic E-state index is -0.00639. The molecule has 0 unspecified atom stereocenters. The fraction of sp³-hybridized carbons (Fsp3) is 0.122. The molecule has 0 spiro atoms. The Bertz CT molecular complexity index is 2510. The van der Waals surface area contributed by atoms with E-state index >= 15 is 0 Å². The number of hydrogen-bond donors (Lipinski definition) is 0. The van der Waals surface area contributed by atoms with Crippen molar-refractivity contribution in [3.63, 3.8) is 0 Å². The fourth-order valence-electron chi connectivity index (χ4n) is 6.69. The van der Waals surface area contributed by atoms with Crippen LogP contribution in [0.2, 0.25) is 0 Å². The molecule has 0 fully saturated rings. The Kier molecular flexibility index (Phi) is 7.12. The van der Waals surface area contributed by atoms with Crippen LogP contribution in [0.5, 0.6) is 11.5 Å². The van der Waals surface area contributed by atoms with Crippen LogP contribution in [0.3, 0.4) is 0 Å². The second-order valence-electron chi connectivity index (χ2n) is 13.1. The van der Waals surface area contributed by atoms with Crippen molar-refractivity contribution in [1.29, 1.82) is 0 Å². The van der Waals surface area contributed by atoms with E-state index < -0.39 is 0 Å². The first kappa shape index (κ1) is 30.3. The van der Waals surface area contributed by atoms with Crippen molar-refractivity contribution in [3.8, 4) is 17.3 Å². The summed E-state index contributed by atoms with van der Waals surface area (Å²) in [6.45, 7) is 8.71. The molecule has 1 aliphatic heterocycles. The van der Waals surface area contributed by atoms with Crippen molar-refractivity contribution in [2.75, 3.05) is 16.8 Å². The van der Waals surface area contributed by atoms with Crippen LogP contribution in [0.4, 0.5) is 17.1 Å². The minimum Gasteiger partial charge on any atom is -0.509 e. The number of pyridine rings is 1. The van der Waals surface area contributed by atoms with Gasteiger partial charge in [-0.15, -0.1) is 41.4 Å². The molecule has 0 saturated carbocycles. The summed E-state index contributed by atoms with van der Waals surface area (Å²) in [6, 6.07) is 42.2. The smallest absolute Gasteiger partial charge is 0.158 e. The first-order chi connectivity index (χ1) is 22.8. The van der Waals surface area contributed by atoms with Gasteiger partial charge in [-0.1, -0.05) is 62.7 Å². The fourth-order valence-corrected chi connectivity index (χ4v) is 6.69. The van der Waals surface area contributed by atoms with Crippen LogP contribution in [0, 0.1) is 18.8 Å². The van der Waals surface area contributed by atoms with Gasteiger partial charge in [0.1, 0.15) is 11.4 Å². The Morgan fingerprint density at radius 3 is 2.40 bits per heavy atom. The van der Waals surface area contributed by atoms with Crippen molar-refractivity contribution in [1.82, 2.24) is 9.55 Å². The minimum absolute atomic E-state index is 0. The Balaban J connectivity index is 0.00000336. The molecule has 8 aromatic rings. The van der Waals surface area contributed by atoms with Gasteiger partial charge >= 0.3 is 0 Å². The zero-order valence-electron chi connectivity index (χ0n) is 26.9. The molecule has 3 aromatic heterocycles. The summed E-state index contributed by atoms with van der Waals surface area (Å²) in [4.78, 5) is 9.02. The quantitative estimate of drug-likeness (QED) is 0.166. The number of para-hydroxylation sites is 2. The molecule has 48 heavy (non-hydrogen) atoms. The molecule has 0 radical (unpaired) electrons. The number of ether oxygens (including phenoxy) is 1. The van der Waals surface area contributed by atoms with Crippen molar-refractivity contribution in [3.05, 3.63) is 134 Å². The van der Waals surface area contributed by atoms with E-state index in [0.29, 0.717) is 11.5 Å². The zero-order chi connectivity index (χ0) is 31.9. The molecule has 0 aliphatic carbocycles. The van der Waals surface area contributed by atoms with Gasteiger partial charge in [-0.05, 0) is 59.8 Å². The molecule has 7 heteroatoms. The first-order valence-electron chi connectivity index (χ1n) is 15.8. The van der Waals surface area contributed by atoms with Crippen LogP contribution in [0.1, 0.15) is 26.3 Å². The maximum atomic E-state index is 6.48. The molecule has 0 N–H and O–H groups in total. The van der Waals surface area contributed by atoms with Crippen LogP contribution >= 0.6 is 0 Å². The maximum Gasteiger partial charge on any atom is 0.158 e. The van der Waals surface area contributed by atoms with Gasteiger partial charge < -0.3 is 23.5 Å². The normalized spacial score (nSPS) is 13.1. The third-order valence-corrected chi connectivity index (χ3v) is 9.04. The van der Waals surface area contributed by atoms with Crippen molar-refractivity contribution in [2.24, 2.45) is 0 Å². The van der Waals surface area contributed by atoms with E-state index in [-0.39, 0.29) is 26.5 Å². The molecule has 0 bridgehead atoms. The second kappa shape index (κ2) is 11.3. The van der Waals surface area contributed by atoms with E-state index in [2.05, 4.69) is 115 Å². The van der Waals surface area contributed by atoms with Gasteiger partial charge in [-0.2, -0.15) is 18.8 Å². The number of benzene rings is 5. The molecular weight excluding hydrogens is 776 g/mol. The van der Waals surface area contributed by atoms with E-state index in [1.807, 2.05) is 55.7 Å². The number of aromatic nitrogens is 2. The summed E-state index contributed by atoms with van der Waals surface area (Å²) >= 11 is 0. The summed E-state index contributed by atoms with van der Waals surface area (Å²) in [6.07, 6.45) is 1.89. The molecule has 9 rings (SSSR count). The maximum absolute atomic E-state index is 6.48. The predicted molar refractivity (Wildman–Crippen MR) is 190 cm³/mol. The van der Waals surface area contributed by atoms with Crippen molar-refractivity contribution in [2.45, 2.75) is 26.2 Å². The summed E-state index contributed by atoms with van der Waals surface area (Å²) in [5, 5.41) is 4.42. The molecule has 0 atom stereocenters. The molecule has 0 amide bonds. The largest absolute Gasteiger partial charge is 0.509 e. The first-order valence-corrected chi connectivity index (χ1v) is 15.8. The molecular formula is C41H31N4O2Pt-3. The van der Waals surface area contributed by atoms with Crippen LogP contribution in [-0.4, -0.2) is 16.6 Å². The Morgan fingerprint density at radius 2 is 1.54 bits per heavy atom. The van der Waals surface area contributed by atoms with Gasteiger partial charge in [-0.3, -0.25) is 0 Å². The third kappa shape index (κ3) is 4.78. The zero-order valence-corrected chi connectivity index (χ0v) is 29.2. The topological polar surface area (TPSA) is 46.7 Å². The number of rotatable bonds is 4. The van der Waals surface area contributed by atoms with Crippen LogP contribution < -0.4 is 14.5 Å². The van der Waals surface area contributed by atoms with E-state index in [4.69, 9.17) is 14.1 Å². The van der Waals surface area contributed by atoms with Gasteiger partial charge in [-0.25, -0.2) is 4.98 Å². The van der Waals surface area contributed by atoms with E-state index in [9.17, 15) is 0 Å². The molecule has 1 aliphatic rings. The second-order valence-corrected chi connectivity index (χ2v) is 13.1. The summed E-state index contributed by atoms with van der Waals surface area (Å²) in [5.41, 5.74) is 7.81. The number of furan rings is 1. The van der Waals surface area contributed by atoms with E-state index in [1.165, 1.54) is 5.56 Å². The van der Waals surface area contributed by atoms with Crippen molar-refractivity contribution < 1.29 is 30.2 Å². The van der Waals surface area contributed by atoms with Gasteiger partial charge in [0.2, 0.25) is 0 Å². The summed E-state index contributed by atoms with van der Waals surface area (Å²) in [5.74, 6) is 2.05. The molecule has 0 saturated heterocycles. The van der Waals surface area contributed by atoms with E-state index in [1.54, 1.807) is 0 Å². The number of hydrogen-bond acceptors (Lipinski definition) is 5. The van der Waals surface area contributed by atoms with Gasteiger partial charge in [0.25, 0.3) is 0 Å². The van der Waals surface area contributed by atoms with Crippen LogP contribution in [0.15, 0.2) is 114 Å². The van der Waals surface area contributed by atoms with Crippen LogP contribution in [0.25, 0.3) is 49.6 Å². The summed E-state index contributed by atoms with van der Waals surface area (Å²) < 4.78 is 15.1. The van der Waals surface area contributed by atoms with Gasteiger partial charge in [0, 0.05) is 60.7 Å². The molecule has 240 valence electrons. The number of fused-ring (bicyclic) bond motifs is 8. The Morgan fingerprint density at radius 1 is 0.771 bits per heavy atom. The average Bonchev–Trinajstić information content (AvgIpc) is 3.73. The number of nitrogens with zero attached hydrogens (tertiary/aromatic N) is 4. The van der Waals surface area contributed by atoms with Gasteiger partial charge in [0.05, 0.1) is 5.69 Å². The molecule has 4 heterocycles. The number of anilines is 3. The SMILES string of the molecule is CN1[CH-]N(c2[c-]c(Oc3[c-]c4c(cc3)c3ccccc3n4-c3cc(C(C)(C)C)ccn3)ccc2)c2c1ccc1c2oc2ccccc21.[Pt]. The monoisotopic (exact) mass is 806 g/mol. The standard InChI is InChI=1S/C41H31N4O2.Pt/c1-41(2,3)26-20-21-42-38(22-26)45-34-14-7-5-12-30(34)31-17-16-29(24-36(31)45)46-28-11-9-10-27(23-28)44-25-43(4)35-19-18-33-32-13-6-8-15-37(32)47-40(33)39(35)44;/h5-22,25H,1-4H3;/q-3;. The Hall–Kier alpha value is -5.06. The third-order valence-electron chi connectivity index (χ3n) is 9.04.